The molecule has 3 N–H and O–H groups in total. The third kappa shape index (κ3) is 23.9. The summed E-state index contributed by atoms with van der Waals surface area (Å²) in [7, 11) is 0. The van der Waals surface area contributed by atoms with Crippen molar-refractivity contribution in [1.29, 1.82) is 0 Å². The molecule has 0 amide bonds. The van der Waals surface area contributed by atoms with E-state index in [-0.39, 0.29) is 19.8 Å². The van der Waals surface area contributed by atoms with Gasteiger partial charge in [-0.3, -0.25) is 0 Å². The molecule has 0 unspecified atom stereocenters. The van der Waals surface area contributed by atoms with Gasteiger partial charge in [0.2, 0.25) is 0 Å². The Morgan fingerprint density at radius 2 is 0.842 bits per heavy atom. The van der Waals surface area contributed by atoms with Gasteiger partial charge in [-0.1, -0.05) is 107 Å². The summed E-state index contributed by atoms with van der Waals surface area (Å²) >= 11 is 0. The van der Waals surface area contributed by atoms with Crippen molar-refractivity contribution in [2.75, 3.05) is 33.0 Å². The molecular weight excluding hydrogens is 472 g/mol. The van der Waals surface area contributed by atoms with Crippen molar-refractivity contribution in [3.8, 4) is 0 Å². The van der Waals surface area contributed by atoms with Crippen LogP contribution in [0.3, 0.4) is 0 Å². The van der Waals surface area contributed by atoms with Gasteiger partial charge in [0.1, 0.15) is 0 Å². The molecule has 0 aromatic carbocycles. The van der Waals surface area contributed by atoms with Gasteiger partial charge in [-0.25, -0.2) is 0 Å². The lowest BCUT2D eigenvalue weighted by Crippen LogP contribution is -2.32. The van der Waals surface area contributed by atoms with Gasteiger partial charge in [-0.15, -0.1) is 0 Å². The topological polar surface area (TPSA) is 69.9 Å². The van der Waals surface area contributed by atoms with E-state index in [1.54, 1.807) is 0 Å². The van der Waals surface area contributed by atoms with Gasteiger partial charge in [0, 0.05) is 18.6 Å². The molecule has 0 aromatic heterocycles. The van der Waals surface area contributed by atoms with Gasteiger partial charge in [-0.2, -0.15) is 0 Å². The molecule has 0 aliphatic heterocycles. The highest BCUT2D eigenvalue weighted by Gasteiger charge is 2.24. The summed E-state index contributed by atoms with van der Waals surface area (Å²) in [4.78, 5) is 0. The second-order valence-electron chi connectivity index (χ2n) is 10.5. The number of hydrogen-bond acceptors (Lipinski definition) is 4. The number of hydrogen-bond donors (Lipinski definition) is 3. The van der Waals surface area contributed by atoms with E-state index in [4.69, 9.17) is 20.1 Å². The number of rotatable bonds is 24. The van der Waals surface area contributed by atoms with Crippen molar-refractivity contribution in [1.82, 2.24) is 0 Å². The normalized spacial score (nSPS) is 14.1. The summed E-state index contributed by atoms with van der Waals surface area (Å²) in [6.45, 7) is 11.7. The summed E-state index contributed by atoms with van der Waals surface area (Å²) in [5.74, 6) is 1.27. The Balaban J connectivity index is 0. The molecule has 0 rings (SSSR count). The third-order valence-corrected chi connectivity index (χ3v) is 7.17. The van der Waals surface area contributed by atoms with Crippen LogP contribution >= 0.6 is 0 Å². The van der Waals surface area contributed by atoms with E-state index in [1.165, 1.54) is 77.0 Å². The maximum atomic E-state index is 8.66. The molecule has 0 saturated carbocycles. The van der Waals surface area contributed by atoms with Crippen LogP contribution in [-0.4, -0.2) is 48.4 Å². The number of aliphatic hydroxyl groups is 3. The Labute approximate surface area is 237 Å². The molecule has 0 aliphatic rings. The number of allylic oxidation sites excluding steroid dienone is 8. The average molecular weight is 537 g/mol. The second-order valence-corrected chi connectivity index (χ2v) is 10.5. The van der Waals surface area contributed by atoms with Crippen molar-refractivity contribution >= 4 is 0 Å². The van der Waals surface area contributed by atoms with E-state index in [0.29, 0.717) is 18.3 Å². The molecule has 38 heavy (non-hydrogen) atoms. The minimum atomic E-state index is -0.667. The SMILES string of the molecule is CC=CC(C=CC)CCCCCCCOCCCCCCCC(C=CC)C=CC.CCC(CO)(CO)CO. The highest BCUT2D eigenvalue weighted by Crippen LogP contribution is 2.18. The molecule has 0 aliphatic carbocycles. The minimum Gasteiger partial charge on any atom is -0.396 e. The van der Waals surface area contributed by atoms with Crippen molar-refractivity contribution in [3.63, 3.8) is 0 Å². The zero-order chi connectivity index (χ0) is 28.7. The number of ether oxygens (including phenoxy) is 1. The fraction of sp³-hybridized carbons (Fsp3) is 0.765. The first-order chi connectivity index (χ1) is 18.5. The highest BCUT2D eigenvalue weighted by molar-refractivity contribution is 4.99. The number of unbranched alkanes of at least 4 members (excludes halogenated alkanes) is 8. The van der Waals surface area contributed by atoms with Crippen LogP contribution in [0.15, 0.2) is 48.6 Å². The first kappa shape index (κ1) is 38.9. The molecule has 0 bridgehead atoms. The fourth-order valence-corrected chi connectivity index (χ4v) is 4.32. The van der Waals surface area contributed by atoms with E-state index in [0.717, 1.165) is 13.2 Å². The maximum Gasteiger partial charge on any atom is 0.0531 e. The van der Waals surface area contributed by atoms with Crippen LogP contribution in [0.5, 0.6) is 0 Å². The first-order valence-corrected chi connectivity index (χ1v) is 15.4. The smallest absolute Gasteiger partial charge is 0.0531 e. The van der Waals surface area contributed by atoms with Gasteiger partial charge >= 0.3 is 0 Å². The molecular formula is C34H64O4. The fourth-order valence-electron chi connectivity index (χ4n) is 4.32. The molecule has 0 radical (unpaired) electrons. The summed E-state index contributed by atoms with van der Waals surface area (Å²) in [5.41, 5.74) is -0.667. The zero-order valence-electron chi connectivity index (χ0n) is 25.8. The lowest BCUT2D eigenvalue weighted by molar-refractivity contribution is 0.00304. The van der Waals surface area contributed by atoms with Crippen LogP contribution in [0.25, 0.3) is 0 Å². The molecule has 4 heteroatoms. The standard InChI is InChI=1S/C28H50O.C6H14O3/c1-5-19-27(20-6-2)23-15-11-9-13-17-25-29-26-18-14-10-12-16-24-28(21-7-3)22-8-4;1-2-6(3-7,4-8)5-9/h5-8,19-22,27-28H,9-18,23-26H2,1-4H3;7-9H,2-5H2,1H3. The largest absolute Gasteiger partial charge is 0.396 e. The van der Waals surface area contributed by atoms with E-state index < -0.39 is 5.41 Å². The Morgan fingerprint density at radius 1 is 0.526 bits per heavy atom. The molecule has 0 heterocycles. The van der Waals surface area contributed by atoms with E-state index in [1.807, 2.05) is 6.92 Å². The average Bonchev–Trinajstić information content (AvgIpc) is 2.93. The Kier molecular flexibility index (Phi) is 31.1. The predicted molar refractivity (Wildman–Crippen MR) is 166 cm³/mol. The molecule has 0 saturated heterocycles. The molecule has 224 valence electrons. The van der Waals surface area contributed by atoms with Crippen molar-refractivity contribution in [2.45, 2.75) is 118 Å². The first-order valence-electron chi connectivity index (χ1n) is 15.4. The summed E-state index contributed by atoms with van der Waals surface area (Å²) in [6, 6.07) is 0. The molecule has 0 spiro atoms. The number of aliphatic hydroxyl groups excluding tert-OH is 3. The van der Waals surface area contributed by atoms with Crippen LogP contribution in [-0.2, 0) is 4.74 Å². The second kappa shape index (κ2) is 30.3. The van der Waals surface area contributed by atoms with Gasteiger partial charge < -0.3 is 20.1 Å². The zero-order valence-corrected chi connectivity index (χ0v) is 25.8. The minimum absolute atomic E-state index is 0.156. The van der Waals surface area contributed by atoms with E-state index in [9.17, 15) is 0 Å². The Bertz CT molecular complexity index is 494. The summed E-state index contributed by atoms with van der Waals surface area (Å²) < 4.78 is 5.81. The van der Waals surface area contributed by atoms with Gasteiger partial charge in [0.25, 0.3) is 0 Å². The predicted octanol–water partition coefficient (Wildman–Crippen LogP) is 8.58. The van der Waals surface area contributed by atoms with Crippen molar-refractivity contribution in [2.24, 2.45) is 17.3 Å². The van der Waals surface area contributed by atoms with E-state index in [2.05, 4.69) is 76.3 Å². The summed E-state index contributed by atoms with van der Waals surface area (Å²) in [5, 5.41) is 26.0. The van der Waals surface area contributed by atoms with E-state index >= 15 is 0 Å². The van der Waals surface area contributed by atoms with Gasteiger partial charge in [-0.05, 0) is 71.6 Å². The molecule has 4 nitrogen and oxygen atoms in total. The Hall–Kier alpha value is -1.20. The van der Waals surface area contributed by atoms with Crippen LogP contribution in [0.2, 0.25) is 0 Å². The molecule has 0 atom stereocenters. The van der Waals surface area contributed by atoms with Crippen LogP contribution < -0.4 is 0 Å². The summed E-state index contributed by atoms with van der Waals surface area (Å²) in [6.07, 6.45) is 34.3. The van der Waals surface area contributed by atoms with Crippen LogP contribution in [0.1, 0.15) is 118 Å². The monoisotopic (exact) mass is 536 g/mol. The van der Waals surface area contributed by atoms with Crippen molar-refractivity contribution in [3.05, 3.63) is 48.6 Å². The van der Waals surface area contributed by atoms with Crippen molar-refractivity contribution < 1.29 is 20.1 Å². The molecule has 0 aromatic rings. The lowest BCUT2D eigenvalue weighted by atomic mass is 9.88. The van der Waals surface area contributed by atoms with Crippen LogP contribution in [0.4, 0.5) is 0 Å². The Morgan fingerprint density at radius 3 is 1.11 bits per heavy atom. The third-order valence-electron chi connectivity index (χ3n) is 7.17. The van der Waals surface area contributed by atoms with Crippen LogP contribution in [0, 0.1) is 17.3 Å². The molecule has 0 fully saturated rings. The highest BCUT2D eigenvalue weighted by atomic mass is 16.5. The lowest BCUT2D eigenvalue weighted by Gasteiger charge is -2.24. The maximum absolute atomic E-state index is 8.66. The van der Waals surface area contributed by atoms with Gasteiger partial charge in [0.05, 0.1) is 19.8 Å². The van der Waals surface area contributed by atoms with Gasteiger partial charge in [0.15, 0.2) is 0 Å². The quantitative estimate of drug-likeness (QED) is 0.0853.